The minimum absolute atomic E-state index is 0.201. The highest BCUT2D eigenvalue weighted by Crippen LogP contribution is 2.32. The van der Waals surface area contributed by atoms with Crippen molar-refractivity contribution in [3.05, 3.63) is 29.8 Å². The summed E-state index contributed by atoms with van der Waals surface area (Å²) in [6, 6.07) is 7.03. The van der Waals surface area contributed by atoms with Gasteiger partial charge in [-0.15, -0.1) is 0 Å². The lowest BCUT2D eigenvalue weighted by molar-refractivity contribution is 0.0732. The van der Waals surface area contributed by atoms with Crippen LogP contribution in [0.25, 0.3) is 0 Å². The molecule has 1 aliphatic heterocycles. The van der Waals surface area contributed by atoms with Crippen molar-refractivity contribution in [3.8, 4) is 5.75 Å². The number of rotatable bonds is 0. The molecule has 3 nitrogen and oxygen atoms in total. The van der Waals surface area contributed by atoms with Gasteiger partial charge in [0.25, 0.3) is 9.03 Å². The Labute approximate surface area is 65.3 Å². The van der Waals surface area contributed by atoms with Gasteiger partial charge in [-0.1, -0.05) is 12.1 Å². The summed E-state index contributed by atoms with van der Waals surface area (Å²) in [5.41, 5.74) is 0.506. The van der Waals surface area contributed by atoms with Crippen LogP contribution in [-0.4, -0.2) is 5.97 Å². The van der Waals surface area contributed by atoms with Crippen LogP contribution in [0.15, 0.2) is 24.3 Å². The molecule has 1 aromatic rings. The van der Waals surface area contributed by atoms with Crippen molar-refractivity contribution in [2.24, 2.45) is 0 Å². The first-order valence-electron chi connectivity index (χ1n) is 3.10. The van der Waals surface area contributed by atoms with E-state index in [2.05, 4.69) is 4.52 Å². The normalized spacial score (nSPS) is 16.9. The van der Waals surface area contributed by atoms with Gasteiger partial charge < -0.3 is 9.05 Å². The molecule has 56 valence electrons. The van der Waals surface area contributed by atoms with Gasteiger partial charge in [-0.3, -0.25) is 0 Å². The molecule has 1 aromatic carbocycles. The third kappa shape index (κ3) is 1.08. The summed E-state index contributed by atoms with van der Waals surface area (Å²) in [6.45, 7) is 0. The van der Waals surface area contributed by atoms with Crippen molar-refractivity contribution >= 4 is 15.0 Å². The van der Waals surface area contributed by atoms with Crippen molar-refractivity contribution in [3.63, 3.8) is 0 Å². The molecule has 2 rings (SSSR count). The van der Waals surface area contributed by atoms with Crippen LogP contribution in [0.4, 0.5) is 0 Å². The Balaban J connectivity index is 2.52. The van der Waals surface area contributed by atoms with Gasteiger partial charge in [0.1, 0.15) is 11.3 Å². The molecule has 1 atom stereocenters. The highest BCUT2D eigenvalue weighted by Gasteiger charge is 2.18. The SMILES string of the molecule is O=C1OPOc2ccccc21. The maximum Gasteiger partial charge on any atom is 0.347 e. The first-order chi connectivity index (χ1) is 5.38. The Hall–Kier alpha value is -1.08. The van der Waals surface area contributed by atoms with Crippen LogP contribution < -0.4 is 4.52 Å². The fourth-order valence-corrected chi connectivity index (χ4v) is 1.38. The fourth-order valence-electron chi connectivity index (χ4n) is 0.883. The minimum Gasteiger partial charge on any atom is -0.440 e. The van der Waals surface area contributed by atoms with Gasteiger partial charge in [-0.2, -0.15) is 0 Å². The monoisotopic (exact) mass is 168 g/mol. The van der Waals surface area contributed by atoms with E-state index < -0.39 is 0 Å². The number of fused-ring (bicyclic) bond motifs is 1. The second kappa shape index (κ2) is 2.51. The average molecular weight is 168 g/mol. The summed E-state index contributed by atoms with van der Waals surface area (Å²) in [6.07, 6.45) is 0. The van der Waals surface area contributed by atoms with Crippen LogP contribution in [0.5, 0.6) is 5.75 Å². The van der Waals surface area contributed by atoms with Gasteiger partial charge in [-0.05, 0) is 12.1 Å². The van der Waals surface area contributed by atoms with Crippen LogP contribution in [0, 0.1) is 0 Å². The maximum absolute atomic E-state index is 11.0. The Kier molecular flexibility index (Phi) is 1.51. The van der Waals surface area contributed by atoms with Crippen molar-refractivity contribution in [1.82, 2.24) is 0 Å². The minimum atomic E-state index is -0.301. The van der Waals surface area contributed by atoms with Crippen LogP contribution in [-0.2, 0) is 4.52 Å². The van der Waals surface area contributed by atoms with E-state index in [1.54, 1.807) is 18.2 Å². The molecule has 0 aliphatic carbocycles. The number of para-hydroxylation sites is 1. The molecule has 1 aliphatic rings. The predicted octanol–water partition coefficient (Wildman–Crippen LogP) is 1.74. The number of carbonyl (C=O) groups is 1. The van der Waals surface area contributed by atoms with Crippen LogP contribution in [0.3, 0.4) is 0 Å². The lowest BCUT2D eigenvalue weighted by atomic mass is 10.2. The number of benzene rings is 1. The lowest BCUT2D eigenvalue weighted by Gasteiger charge is -2.14. The molecule has 1 unspecified atom stereocenters. The zero-order chi connectivity index (χ0) is 7.68. The number of hydrogen-bond donors (Lipinski definition) is 0. The van der Waals surface area contributed by atoms with E-state index in [0.29, 0.717) is 11.3 Å². The summed E-state index contributed by atoms with van der Waals surface area (Å²) < 4.78 is 9.75. The molecule has 0 fully saturated rings. The average Bonchev–Trinajstić information content (AvgIpc) is 2.06. The maximum atomic E-state index is 11.0. The molecular formula is C7H5O3P. The topological polar surface area (TPSA) is 35.5 Å². The second-order valence-corrected chi connectivity index (χ2v) is 2.65. The fraction of sp³-hybridized carbons (Fsp3) is 0. The summed E-state index contributed by atoms with van der Waals surface area (Å²) in [5.74, 6) is 0.312. The third-order valence-corrected chi connectivity index (χ3v) is 1.96. The molecule has 4 heteroatoms. The molecule has 0 spiro atoms. The smallest absolute Gasteiger partial charge is 0.347 e. The summed E-state index contributed by atoms with van der Waals surface area (Å²) >= 11 is 0. The molecule has 0 aromatic heterocycles. The van der Waals surface area contributed by atoms with Gasteiger partial charge >= 0.3 is 5.97 Å². The highest BCUT2D eigenvalue weighted by atomic mass is 31.1. The first-order valence-corrected chi connectivity index (χ1v) is 3.91. The van der Waals surface area contributed by atoms with Gasteiger partial charge in [0, 0.05) is 0 Å². The molecular weight excluding hydrogens is 163 g/mol. The Morgan fingerprint density at radius 2 is 2.00 bits per heavy atom. The van der Waals surface area contributed by atoms with E-state index in [1.807, 2.05) is 6.07 Å². The Morgan fingerprint density at radius 3 is 2.82 bits per heavy atom. The molecule has 0 bridgehead atoms. The first kappa shape index (κ1) is 6.62. The van der Waals surface area contributed by atoms with Crippen LogP contribution >= 0.6 is 9.03 Å². The molecule has 0 amide bonds. The summed E-state index contributed by atoms with van der Waals surface area (Å²) in [7, 11) is -0.201. The lowest BCUT2D eigenvalue weighted by Crippen LogP contribution is -2.06. The molecule has 0 saturated carbocycles. The molecule has 0 N–H and O–H groups in total. The van der Waals surface area contributed by atoms with Crippen LogP contribution in [0.2, 0.25) is 0 Å². The summed E-state index contributed by atoms with van der Waals surface area (Å²) in [4.78, 5) is 11.0. The standard InChI is InChI=1S/C7H5O3P/c8-7-5-3-1-2-4-6(5)9-11-10-7/h1-4,11H. The van der Waals surface area contributed by atoms with Gasteiger partial charge in [0.15, 0.2) is 0 Å². The van der Waals surface area contributed by atoms with E-state index >= 15 is 0 Å². The zero-order valence-corrected chi connectivity index (χ0v) is 6.53. The highest BCUT2D eigenvalue weighted by molar-refractivity contribution is 7.27. The predicted molar refractivity (Wildman–Crippen MR) is 40.8 cm³/mol. The van der Waals surface area contributed by atoms with Crippen molar-refractivity contribution in [2.45, 2.75) is 0 Å². The molecule has 11 heavy (non-hydrogen) atoms. The molecule has 0 saturated heterocycles. The van der Waals surface area contributed by atoms with E-state index in [-0.39, 0.29) is 15.0 Å². The van der Waals surface area contributed by atoms with Gasteiger partial charge in [0.2, 0.25) is 0 Å². The van der Waals surface area contributed by atoms with Crippen molar-refractivity contribution in [1.29, 1.82) is 0 Å². The van der Waals surface area contributed by atoms with Crippen molar-refractivity contribution < 1.29 is 13.8 Å². The molecule has 1 heterocycles. The second-order valence-electron chi connectivity index (χ2n) is 2.07. The van der Waals surface area contributed by atoms with E-state index in [9.17, 15) is 4.79 Å². The van der Waals surface area contributed by atoms with Crippen LogP contribution in [0.1, 0.15) is 10.4 Å². The largest absolute Gasteiger partial charge is 0.440 e. The zero-order valence-electron chi connectivity index (χ0n) is 5.53. The Morgan fingerprint density at radius 1 is 1.18 bits per heavy atom. The third-order valence-electron chi connectivity index (χ3n) is 1.39. The number of hydrogen-bond acceptors (Lipinski definition) is 3. The van der Waals surface area contributed by atoms with E-state index in [4.69, 9.17) is 4.52 Å². The van der Waals surface area contributed by atoms with Gasteiger partial charge in [0.05, 0.1) is 0 Å². The van der Waals surface area contributed by atoms with E-state index in [1.165, 1.54) is 0 Å². The molecule has 0 radical (unpaired) electrons. The van der Waals surface area contributed by atoms with Crippen molar-refractivity contribution in [2.75, 3.05) is 0 Å². The Bertz CT molecular complexity index is 297. The van der Waals surface area contributed by atoms with Gasteiger partial charge in [-0.25, -0.2) is 4.79 Å². The van der Waals surface area contributed by atoms with E-state index in [0.717, 1.165) is 0 Å². The summed E-state index contributed by atoms with van der Waals surface area (Å²) in [5, 5.41) is 0. The quantitative estimate of drug-likeness (QED) is 0.553. The number of carbonyl (C=O) groups excluding carboxylic acids is 1.